The summed E-state index contributed by atoms with van der Waals surface area (Å²) < 4.78 is 87.1. The molecule has 0 aliphatic carbocycles. The Balaban J connectivity index is 2.42. The smallest absolute Gasteiger partial charge is 0.436 e. The Labute approximate surface area is 143 Å². The standard InChI is InChI=1S/C15H14F6N2O3/c1-5(9-12(14(16,17)18)25-7(3)22-9)11(24)6(2)10-13(15(19,20)21)26-8(4)23-10/h5-6H,1-4H3. The van der Waals surface area contributed by atoms with Crippen LogP contribution in [0, 0.1) is 13.8 Å². The molecule has 0 N–H and O–H groups in total. The first kappa shape index (κ1) is 20.0. The molecular weight excluding hydrogens is 370 g/mol. The van der Waals surface area contributed by atoms with Crippen LogP contribution in [0.5, 0.6) is 0 Å². The van der Waals surface area contributed by atoms with Gasteiger partial charge in [-0.2, -0.15) is 26.3 Å². The summed E-state index contributed by atoms with van der Waals surface area (Å²) in [5, 5.41) is 0. The highest BCUT2D eigenvalue weighted by molar-refractivity contribution is 5.90. The summed E-state index contributed by atoms with van der Waals surface area (Å²) in [7, 11) is 0. The maximum Gasteiger partial charge on any atom is 0.451 e. The summed E-state index contributed by atoms with van der Waals surface area (Å²) in [5.41, 5.74) is -1.36. The van der Waals surface area contributed by atoms with Crippen LogP contribution in [0.15, 0.2) is 8.83 Å². The first-order valence-electron chi connectivity index (χ1n) is 7.36. The van der Waals surface area contributed by atoms with Crippen molar-refractivity contribution in [3.05, 3.63) is 34.7 Å². The fourth-order valence-electron chi connectivity index (χ4n) is 2.52. The second-order valence-corrected chi connectivity index (χ2v) is 5.74. The van der Waals surface area contributed by atoms with Gasteiger partial charge in [-0.3, -0.25) is 4.79 Å². The van der Waals surface area contributed by atoms with E-state index in [4.69, 9.17) is 0 Å². The molecule has 0 aliphatic rings. The molecule has 11 heteroatoms. The second kappa shape index (κ2) is 6.44. The average Bonchev–Trinajstić information content (AvgIpc) is 3.07. The van der Waals surface area contributed by atoms with Gasteiger partial charge in [0.05, 0.1) is 11.8 Å². The quantitative estimate of drug-likeness (QED) is 0.709. The van der Waals surface area contributed by atoms with Gasteiger partial charge in [0.2, 0.25) is 11.5 Å². The fraction of sp³-hybridized carbons (Fsp3) is 0.533. The van der Waals surface area contributed by atoms with Crippen molar-refractivity contribution in [1.29, 1.82) is 0 Å². The molecule has 5 nitrogen and oxygen atoms in total. The van der Waals surface area contributed by atoms with E-state index < -0.39 is 52.9 Å². The normalized spacial score (nSPS) is 15.2. The van der Waals surface area contributed by atoms with Crippen LogP contribution in [-0.4, -0.2) is 15.8 Å². The van der Waals surface area contributed by atoms with Crippen LogP contribution < -0.4 is 0 Å². The Morgan fingerprint density at radius 1 is 0.808 bits per heavy atom. The van der Waals surface area contributed by atoms with Gasteiger partial charge in [-0.25, -0.2) is 9.97 Å². The van der Waals surface area contributed by atoms with Gasteiger partial charge in [0.15, 0.2) is 17.6 Å². The van der Waals surface area contributed by atoms with Gasteiger partial charge in [-0.05, 0) is 13.8 Å². The summed E-state index contributed by atoms with van der Waals surface area (Å²) in [6.07, 6.45) is -9.79. The van der Waals surface area contributed by atoms with E-state index in [2.05, 4.69) is 18.8 Å². The van der Waals surface area contributed by atoms with Gasteiger partial charge >= 0.3 is 12.4 Å². The minimum atomic E-state index is -4.89. The van der Waals surface area contributed by atoms with E-state index in [1.807, 2.05) is 0 Å². The summed E-state index contributed by atoms with van der Waals surface area (Å²) >= 11 is 0. The van der Waals surface area contributed by atoms with Gasteiger partial charge < -0.3 is 8.83 Å². The number of alkyl halides is 6. The van der Waals surface area contributed by atoms with Crippen molar-refractivity contribution in [1.82, 2.24) is 9.97 Å². The molecule has 2 atom stereocenters. The number of hydrogen-bond donors (Lipinski definition) is 0. The number of hydrogen-bond acceptors (Lipinski definition) is 5. The third kappa shape index (κ3) is 3.75. The number of carbonyl (C=O) groups excluding carboxylic acids is 1. The lowest BCUT2D eigenvalue weighted by atomic mass is 9.89. The Morgan fingerprint density at radius 2 is 1.12 bits per heavy atom. The van der Waals surface area contributed by atoms with Gasteiger partial charge in [0, 0.05) is 13.8 Å². The minimum absolute atomic E-state index is 0.312. The molecule has 0 fully saturated rings. The van der Waals surface area contributed by atoms with Crippen molar-refractivity contribution in [3.63, 3.8) is 0 Å². The average molecular weight is 384 g/mol. The fourth-order valence-corrected chi connectivity index (χ4v) is 2.52. The maximum atomic E-state index is 13.0. The first-order chi connectivity index (χ1) is 11.7. The summed E-state index contributed by atoms with van der Waals surface area (Å²) in [6, 6.07) is 0. The number of Topliss-reactive ketones (excluding diaryl/α,β-unsaturated/α-hetero) is 1. The molecule has 2 heterocycles. The van der Waals surface area contributed by atoms with E-state index in [1.54, 1.807) is 0 Å². The van der Waals surface area contributed by atoms with Gasteiger partial charge in [-0.15, -0.1) is 0 Å². The molecule has 0 aromatic carbocycles. The molecule has 2 aromatic heterocycles. The van der Waals surface area contributed by atoms with Crippen molar-refractivity contribution in [2.45, 2.75) is 51.9 Å². The number of aromatic nitrogens is 2. The Kier molecular flexibility index (Phi) is 4.95. The Hall–Kier alpha value is -2.33. The third-order valence-electron chi connectivity index (χ3n) is 3.71. The molecule has 0 saturated carbocycles. The molecule has 2 aromatic rings. The zero-order valence-corrected chi connectivity index (χ0v) is 14.0. The van der Waals surface area contributed by atoms with Crippen LogP contribution >= 0.6 is 0 Å². The molecule has 2 unspecified atom stereocenters. The minimum Gasteiger partial charge on any atom is -0.436 e. The van der Waals surface area contributed by atoms with Crippen molar-refractivity contribution in [2.75, 3.05) is 0 Å². The molecule has 26 heavy (non-hydrogen) atoms. The van der Waals surface area contributed by atoms with E-state index in [0.29, 0.717) is 0 Å². The van der Waals surface area contributed by atoms with Crippen LogP contribution in [-0.2, 0) is 17.1 Å². The highest BCUT2D eigenvalue weighted by Gasteiger charge is 2.45. The zero-order valence-electron chi connectivity index (χ0n) is 14.0. The second-order valence-electron chi connectivity index (χ2n) is 5.74. The van der Waals surface area contributed by atoms with E-state index >= 15 is 0 Å². The molecule has 0 amide bonds. The molecule has 0 radical (unpaired) electrons. The monoisotopic (exact) mass is 384 g/mol. The van der Waals surface area contributed by atoms with Crippen LogP contribution in [0.4, 0.5) is 26.3 Å². The molecule has 0 spiro atoms. The van der Waals surface area contributed by atoms with E-state index in [-0.39, 0.29) is 11.8 Å². The molecule has 0 bridgehead atoms. The number of rotatable bonds is 4. The Bertz CT molecular complexity index is 752. The van der Waals surface area contributed by atoms with Crippen molar-refractivity contribution < 1.29 is 40.0 Å². The first-order valence-corrected chi connectivity index (χ1v) is 7.36. The summed E-state index contributed by atoms with van der Waals surface area (Å²) in [6.45, 7) is 4.57. The highest BCUT2D eigenvalue weighted by Crippen LogP contribution is 2.40. The zero-order chi connectivity index (χ0) is 20.0. The van der Waals surface area contributed by atoms with E-state index in [9.17, 15) is 31.1 Å². The molecule has 0 saturated heterocycles. The number of nitrogens with zero attached hydrogens (tertiary/aromatic N) is 2. The van der Waals surface area contributed by atoms with E-state index in [1.165, 1.54) is 13.8 Å². The number of aryl methyl sites for hydroxylation is 2. The molecular formula is C15H14F6N2O3. The number of carbonyl (C=O) groups is 1. The SMILES string of the molecule is Cc1nc(C(C)C(=O)C(C)c2nc(C)oc2C(F)(F)F)c(C(F)(F)F)o1. The predicted octanol–water partition coefficient (Wildman–Crippen LogP) is 4.79. The molecule has 0 aliphatic heterocycles. The topological polar surface area (TPSA) is 69.1 Å². The molecule has 2 rings (SSSR count). The van der Waals surface area contributed by atoms with Gasteiger partial charge in [0.1, 0.15) is 11.4 Å². The lowest BCUT2D eigenvalue weighted by molar-refractivity contribution is -0.154. The van der Waals surface area contributed by atoms with E-state index in [0.717, 1.165) is 13.8 Å². The van der Waals surface area contributed by atoms with Crippen molar-refractivity contribution in [2.24, 2.45) is 0 Å². The molecule has 144 valence electrons. The Morgan fingerprint density at radius 3 is 1.38 bits per heavy atom. The predicted molar refractivity (Wildman–Crippen MR) is 74.3 cm³/mol. The largest absolute Gasteiger partial charge is 0.451 e. The number of oxazole rings is 2. The summed E-state index contributed by atoms with van der Waals surface area (Å²) in [5.74, 6) is -7.37. The number of ketones is 1. The highest BCUT2D eigenvalue weighted by atomic mass is 19.4. The maximum absolute atomic E-state index is 13.0. The lowest BCUT2D eigenvalue weighted by Crippen LogP contribution is -2.22. The number of halogens is 6. The van der Waals surface area contributed by atoms with Crippen LogP contribution in [0.3, 0.4) is 0 Å². The van der Waals surface area contributed by atoms with Gasteiger partial charge in [0.25, 0.3) is 0 Å². The van der Waals surface area contributed by atoms with Crippen molar-refractivity contribution >= 4 is 5.78 Å². The van der Waals surface area contributed by atoms with Crippen LogP contribution in [0.1, 0.15) is 60.4 Å². The lowest BCUT2D eigenvalue weighted by Gasteiger charge is -2.16. The van der Waals surface area contributed by atoms with Crippen LogP contribution in [0.2, 0.25) is 0 Å². The van der Waals surface area contributed by atoms with Gasteiger partial charge in [-0.1, -0.05) is 0 Å². The van der Waals surface area contributed by atoms with Crippen LogP contribution in [0.25, 0.3) is 0 Å². The van der Waals surface area contributed by atoms with Crippen molar-refractivity contribution in [3.8, 4) is 0 Å². The third-order valence-corrected chi connectivity index (χ3v) is 3.71. The summed E-state index contributed by atoms with van der Waals surface area (Å²) in [4.78, 5) is 19.7.